The topological polar surface area (TPSA) is 135 Å². The minimum absolute atomic E-state index is 0.0272. The van der Waals surface area contributed by atoms with Crippen LogP contribution in [0.2, 0.25) is 0 Å². The van der Waals surface area contributed by atoms with Crippen LogP contribution in [0.1, 0.15) is 41.3 Å². The number of hydrogen-bond acceptors (Lipinski definition) is 8. The highest BCUT2D eigenvalue weighted by Gasteiger charge is 2.32. The van der Waals surface area contributed by atoms with Gasteiger partial charge in [0.15, 0.2) is 11.5 Å². The van der Waals surface area contributed by atoms with Gasteiger partial charge in [-0.15, -0.1) is 5.10 Å². The molecule has 15 heteroatoms. The molecule has 2 amide bonds. The first kappa shape index (κ1) is 29.2. The van der Waals surface area contributed by atoms with Crippen LogP contribution in [0.25, 0.3) is 16.9 Å². The highest BCUT2D eigenvalue weighted by atomic mass is 32.2. The Balaban J connectivity index is 1.48. The molecule has 1 aromatic carbocycles. The van der Waals surface area contributed by atoms with Crippen molar-refractivity contribution in [3.63, 3.8) is 0 Å². The largest absolute Gasteiger partial charge is 0.408 e. The van der Waals surface area contributed by atoms with Gasteiger partial charge in [0.2, 0.25) is 6.41 Å². The summed E-state index contributed by atoms with van der Waals surface area (Å²) < 4.78 is 43.4. The van der Waals surface area contributed by atoms with E-state index in [0.717, 1.165) is 54.0 Å². The number of carbonyl (C=O) groups is 2. The molecule has 0 spiro atoms. The predicted octanol–water partition coefficient (Wildman–Crippen LogP) is 4.74. The number of nitrogen functional groups attached to an aromatic ring is 1. The average Bonchev–Trinajstić information content (AvgIpc) is 3.61. The van der Waals surface area contributed by atoms with E-state index in [1.54, 1.807) is 12.3 Å². The molecule has 4 aromatic rings. The Bertz CT molecular complexity index is 1630. The van der Waals surface area contributed by atoms with E-state index < -0.39 is 18.6 Å². The van der Waals surface area contributed by atoms with Gasteiger partial charge < -0.3 is 20.7 Å². The number of nitrogens with zero attached hydrogens (tertiary/aromatic N) is 6. The Morgan fingerprint density at radius 3 is 2.76 bits per heavy atom. The molecule has 0 radical (unpaired) electrons. The van der Waals surface area contributed by atoms with E-state index in [9.17, 15) is 22.8 Å². The van der Waals surface area contributed by atoms with Crippen molar-refractivity contribution in [1.29, 1.82) is 0 Å². The van der Waals surface area contributed by atoms with Gasteiger partial charge in [0.05, 0.1) is 17.6 Å². The van der Waals surface area contributed by atoms with Gasteiger partial charge in [-0.1, -0.05) is 11.9 Å². The Morgan fingerprint density at radius 1 is 1.33 bits per heavy atom. The van der Waals surface area contributed by atoms with Crippen molar-refractivity contribution in [2.75, 3.05) is 22.0 Å². The van der Waals surface area contributed by atoms with Gasteiger partial charge in [0.25, 0.3) is 5.91 Å². The number of rotatable bonds is 11. The monoisotopic (exact) mass is 601 g/mol. The maximum atomic E-state index is 13.2. The fourth-order valence-corrected chi connectivity index (χ4v) is 5.27. The van der Waals surface area contributed by atoms with Crippen LogP contribution >= 0.6 is 11.9 Å². The molecule has 0 aliphatic heterocycles. The molecule has 3 aromatic heterocycles. The Morgan fingerprint density at radius 2 is 2.10 bits per heavy atom. The quantitative estimate of drug-likeness (QED) is 0.166. The number of carbonyl (C=O) groups excluding carboxylic acids is 2. The van der Waals surface area contributed by atoms with Crippen LogP contribution in [0.3, 0.4) is 0 Å². The van der Waals surface area contributed by atoms with Crippen LogP contribution in [0.15, 0.2) is 36.8 Å². The number of benzene rings is 1. The highest BCUT2D eigenvalue weighted by molar-refractivity contribution is 7.99. The molecule has 1 fully saturated rings. The standard InChI is InChI=1S/C27H30F3N9O2S/c1-15-19(11-37(14-40)16(2)17-4-5-17)8-18(9-22(15)36-42-3)21-6-7-39-25(34-21)23(24(31)35-39)26(41)33-20-10-32-38(12-20)13-27(28,29)30/h6-10,12,14,16-17,36H,4-5,11,13H2,1-3H3,(H2,31,35)(H,33,41). The van der Waals surface area contributed by atoms with Gasteiger partial charge in [-0.25, -0.2) is 9.50 Å². The molecule has 1 unspecified atom stereocenters. The average molecular weight is 602 g/mol. The van der Waals surface area contributed by atoms with Crippen LogP contribution in [0.4, 0.5) is 30.4 Å². The highest BCUT2D eigenvalue weighted by Crippen LogP contribution is 2.36. The number of alkyl halides is 3. The molecule has 1 atom stereocenters. The van der Waals surface area contributed by atoms with E-state index in [4.69, 9.17) is 10.7 Å². The van der Waals surface area contributed by atoms with E-state index in [1.807, 2.05) is 30.2 Å². The molecular weight excluding hydrogens is 571 g/mol. The first-order chi connectivity index (χ1) is 20.0. The number of anilines is 3. The number of fused-ring (bicyclic) bond motifs is 1. The normalized spacial score (nSPS) is 14.1. The first-order valence-electron chi connectivity index (χ1n) is 13.2. The number of aromatic nitrogens is 5. The summed E-state index contributed by atoms with van der Waals surface area (Å²) in [5.41, 5.74) is 10.4. The van der Waals surface area contributed by atoms with Gasteiger partial charge in [0.1, 0.15) is 12.1 Å². The molecule has 0 saturated heterocycles. The third-order valence-corrected chi connectivity index (χ3v) is 7.73. The second kappa shape index (κ2) is 11.5. The summed E-state index contributed by atoms with van der Waals surface area (Å²) in [5.74, 6) is -0.268. The van der Waals surface area contributed by atoms with Crippen LogP contribution in [0, 0.1) is 12.8 Å². The lowest BCUT2D eigenvalue weighted by molar-refractivity contribution is -0.142. The van der Waals surface area contributed by atoms with Gasteiger partial charge >= 0.3 is 6.18 Å². The first-order valence-corrected chi connectivity index (χ1v) is 14.4. The summed E-state index contributed by atoms with van der Waals surface area (Å²) in [4.78, 5) is 31.7. The third kappa shape index (κ3) is 6.30. The summed E-state index contributed by atoms with van der Waals surface area (Å²) in [6.45, 7) is 3.21. The number of halogens is 3. The minimum atomic E-state index is -4.46. The lowest BCUT2D eigenvalue weighted by atomic mass is 9.99. The molecule has 42 heavy (non-hydrogen) atoms. The van der Waals surface area contributed by atoms with Crippen molar-refractivity contribution in [2.45, 2.75) is 52.0 Å². The molecule has 1 saturated carbocycles. The van der Waals surface area contributed by atoms with E-state index in [0.29, 0.717) is 22.8 Å². The zero-order valence-corrected chi connectivity index (χ0v) is 24.0. The minimum Gasteiger partial charge on any atom is -0.381 e. The van der Waals surface area contributed by atoms with Crippen molar-refractivity contribution < 1.29 is 22.8 Å². The Labute approximate surface area is 243 Å². The second-order valence-electron chi connectivity index (χ2n) is 10.3. The van der Waals surface area contributed by atoms with E-state index in [2.05, 4.69) is 27.2 Å². The smallest absolute Gasteiger partial charge is 0.381 e. The number of hydrogen-bond donors (Lipinski definition) is 3. The Kier molecular flexibility index (Phi) is 8.03. The SMILES string of the molecule is CSNc1cc(-c2ccn3nc(N)c(C(=O)Nc4cnn(CC(F)(F)F)c4)c3n2)cc(CN(C=O)C(C)C2CC2)c1C. The summed E-state index contributed by atoms with van der Waals surface area (Å²) in [7, 11) is 0. The van der Waals surface area contributed by atoms with Gasteiger partial charge in [-0.3, -0.25) is 14.3 Å². The molecule has 3 heterocycles. The number of nitrogens with one attached hydrogen (secondary N) is 2. The van der Waals surface area contributed by atoms with Crippen LogP contribution < -0.4 is 15.8 Å². The summed E-state index contributed by atoms with van der Waals surface area (Å²) in [6, 6.07) is 5.79. The van der Waals surface area contributed by atoms with Gasteiger partial charge in [-0.2, -0.15) is 18.3 Å². The Hall–Kier alpha value is -4.27. The lowest BCUT2D eigenvalue weighted by Gasteiger charge is -2.27. The summed E-state index contributed by atoms with van der Waals surface area (Å²) in [6.07, 6.45) is 4.41. The van der Waals surface area contributed by atoms with Gasteiger partial charge in [-0.05, 0) is 61.9 Å². The molecule has 4 N–H and O–H groups in total. The van der Waals surface area contributed by atoms with Crippen LogP contribution in [0.5, 0.6) is 0 Å². The zero-order valence-electron chi connectivity index (χ0n) is 23.1. The number of nitrogens with two attached hydrogens (primary N) is 1. The van der Waals surface area contributed by atoms with Crippen molar-refractivity contribution in [2.24, 2.45) is 5.92 Å². The molecule has 11 nitrogen and oxygen atoms in total. The van der Waals surface area contributed by atoms with E-state index in [1.165, 1.54) is 16.5 Å². The van der Waals surface area contributed by atoms with E-state index >= 15 is 0 Å². The molecule has 5 rings (SSSR count). The van der Waals surface area contributed by atoms with Crippen molar-refractivity contribution in [3.05, 3.63) is 53.5 Å². The second-order valence-corrected chi connectivity index (χ2v) is 10.9. The summed E-state index contributed by atoms with van der Waals surface area (Å²) >= 11 is 1.44. The maximum absolute atomic E-state index is 13.2. The fraction of sp³-hybridized carbons (Fsp3) is 0.370. The van der Waals surface area contributed by atoms with Crippen LogP contribution in [-0.2, 0) is 17.9 Å². The zero-order chi connectivity index (χ0) is 30.2. The third-order valence-electron chi connectivity index (χ3n) is 7.31. The molecule has 0 bridgehead atoms. The van der Waals surface area contributed by atoms with Crippen LogP contribution in [-0.4, -0.2) is 60.1 Å². The molecule has 1 aliphatic rings. The summed E-state index contributed by atoms with van der Waals surface area (Å²) in [5, 5.41) is 10.3. The van der Waals surface area contributed by atoms with Gasteiger partial charge in [0, 0.05) is 42.5 Å². The van der Waals surface area contributed by atoms with Crippen molar-refractivity contribution in [3.8, 4) is 11.3 Å². The maximum Gasteiger partial charge on any atom is 0.408 e. The van der Waals surface area contributed by atoms with Crippen molar-refractivity contribution in [1.82, 2.24) is 29.3 Å². The van der Waals surface area contributed by atoms with Crippen molar-refractivity contribution >= 4 is 47.1 Å². The molecule has 1 aliphatic carbocycles. The predicted molar refractivity (Wildman–Crippen MR) is 155 cm³/mol. The fourth-order valence-electron chi connectivity index (χ4n) is 4.84. The number of amides is 2. The van der Waals surface area contributed by atoms with E-state index in [-0.39, 0.29) is 28.8 Å². The lowest BCUT2D eigenvalue weighted by Crippen LogP contribution is -2.33. The molecular formula is C27H30F3N9O2S. The molecule has 222 valence electrons.